The molecule has 2 aliphatic rings. The number of rotatable bonds is 4. The van der Waals surface area contributed by atoms with Gasteiger partial charge >= 0.3 is 0 Å². The molecule has 2 N–H and O–H groups in total. The van der Waals surface area contributed by atoms with E-state index in [9.17, 15) is 4.39 Å². The molecular weight excluding hydrogens is 265 g/mol. The third-order valence-electron chi connectivity index (χ3n) is 5.26. The van der Waals surface area contributed by atoms with Crippen LogP contribution >= 0.6 is 0 Å². The van der Waals surface area contributed by atoms with Crippen LogP contribution in [0.3, 0.4) is 0 Å². The predicted octanol–water partition coefficient (Wildman–Crippen LogP) is 1.87. The molecule has 0 spiro atoms. The van der Waals surface area contributed by atoms with Crippen molar-refractivity contribution >= 4 is 0 Å². The first-order valence-corrected chi connectivity index (χ1v) is 8.04. The SMILES string of the molecule is CC(CN)(Cc1cccc(F)c1)N1CCN2CCCC2C1. The molecule has 2 unspecified atom stereocenters. The Morgan fingerprint density at radius 1 is 1.33 bits per heavy atom. The van der Waals surface area contributed by atoms with E-state index in [1.165, 1.54) is 25.5 Å². The molecule has 0 saturated carbocycles. The monoisotopic (exact) mass is 291 g/mol. The van der Waals surface area contributed by atoms with Gasteiger partial charge in [0.2, 0.25) is 0 Å². The van der Waals surface area contributed by atoms with Crippen LogP contribution < -0.4 is 5.73 Å². The molecule has 2 saturated heterocycles. The number of hydrogen-bond acceptors (Lipinski definition) is 3. The molecule has 2 fully saturated rings. The number of piperazine rings is 1. The Hall–Kier alpha value is -0.970. The molecule has 0 amide bonds. The number of fused-ring (bicyclic) bond motifs is 1. The van der Waals surface area contributed by atoms with Crippen molar-refractivity contribution in [3.05, 3.63) is 35.6 Å². The Labute approximate surface area is 126 Å². The third kappa shape index (κ3) is 3.12. The number of nitrogens with two attached hydrogens (primary N) is 1. The Balaban J connectivity index is 1.73. The number of benzene rings is 1. The average Bonchev–Trinajstić information content (AvgIpc) is 2.94. The maximum absolute atomic E-state index is 13.4. The van der Waals surface area contributed by atoms with Gasteiger partial charge in [0.1, 0.15) is 5.82 Å². The lowest BCUT2D eigenvalue weighted by molar-refractivity contribution is 0.0273. The summed E-state index contributed by atoms with van der Waals surface area (Å²) in [6, 6.07) is 7.62. The number of halogens is 1. The van der Waals surface area contributed by atoms with E-state index in [4.69, 9.17) is 5.73 Å². The largest absolute Gasteiger partial charge is 0.329 e. The van der Waals surface area contributed by atoms with Gasteiger partial charge in [-0.05, 0) is 50.4 Å². The first-order chi connectivity index (χ1) is 10.1. The van der Waals surface area contributed by atoms with Gasteiger partial charge in [0.15, 0.2) is 0 Å². The molecule has 21 heavy (non-hydrogen) atoms. The first-order valence-electron chi connectivity index (χ1n) is 8.04. The fourth-order valence-electron chi connectivity index (χ4n) is 3.88. The molecule has 0 radical (unpaired) electrons. The highest BCUT2D eigenvalue weighted by Gasteiger charge is 2.38. The molecule has 3 nitrogen and oxygen atoms in total. The van der Waals surface area contributed by atoms with Crippen molar-refractivity contribution in [1.82, 2.24) is 9.80 Å². The third-order valence-corrected chi connectivity index (χ3v) is 5.26. The smallest absolute Gasteiger partial charge is 0.123 e. The van der Waals surface area contributed by atoms with Crippen LogP contribution in [0.1, 0.15) is 25.3 Å². The highest BCUT2D eigenvalue weighted by atomic mass is 19.1. The van der Waals surface area contributed by atoms with E-state index in [0.717, 1.165) is 31.6 Å². The van der Waals surface area contributed by atoms with Gasteiger partial charge in [0.05, 0.1) is 0 Å². The quantitative estimate of drug-likeness (QED) is 0.919. The lowest BCUT2D eigenvalue weighted by Crippen LogP contribution is -2.61. The normalized spacial score (nSPS) is 26.5. The van der Waals surface area contributed by atoms with Crippen molar-refractivity contribution in [2.45, 2.75) is 37.8 Å². The zero-order valence-electron chi connectivity index (χ0n) is 12.9. The molecular formula is C17H26FN3. The van der Waals surface area contributed by atoms with Gasteiger partial charge in [-0.2, -0.15) is 0 Å². The molecule has 1 aromatic carbocycles. The van der Waals surface area contributed by atoms with Gasteiger partial charge in [-0.3, -0.25) is 9.80 Å². The maximum atomic E-state index is 13.4. The second-order valence-corrected chi connectivity index (χ2v) is 6.79. The Morgan fingerprint density at radius 2 is 2.19 bits per heavy atom. The second-order valence-electron chi connectivity index (χ2n) is 6.79. The van der Waals surface area contributed by atoms with Crippen LogP contribution in [0.2, 0.25) is 0 Å². The number of nitrogens with zero attached hydrogens (tertiary/aromatic N) is 2. The van der Waals surface area contributed by atoms with Crippen LogP contribution in [0, 0.1) is 5.82 Å². The zero-order chi connectivity index (χ0) is 14.9. The van der Waals surface area contributed by atoms with Gasteiger partial charge in [-0.1, -0.05) is 12.1 Å². The van der Waals surface area contributed by atoms with Gasteiger partial charge in [-0.25, -0.2) is 4.39 Å². The minimum Gasteiger partial charge on any atom is -0.329 e. The molecule has 2 aliphatic heterocycles. The molecule has 0 bridgehead atoms. The van der Waals surface area contributed by atoms with Crippen LogP contribution in [0.4, 0.5) is 4.39 Å². The van der Waals surface area contributed by atoms with Gasteiger partial charge in [0.25, 0.3) is 0 Å². The minimum atomic E-state index is -0.160. The summed E-state index contributed by atoms with van der Waals surface area (Å²) in [7, 11) is 0. The van der Waals surface area contributed by atoms with E-state index in [1.807, 2.05) is 6.07 Å². The summed E-state index contributed by atoms with van der Waals surface area (Å²) in [5.74, 6) is -0.160. The standard InChI is InChI=1S/C17H26FN3/c1-17(13-19,11-14-4-2-5-15(18)10-14)21-9-8-20-7-3-6-16(20)12-21/h2,4-5,10,16H,3,6-9,11-13,19H2,1H3. The van der Waals surface area contributed by atoms with Crippen LogP contribution in [0.25, 0.3) is 0 Å². The fourth-order valence-corrected chi connectivity index (χ4v) is 3.88. The van der Waals surface area contributed by atoms with E-state index in [0.29, 0.717) is 12.6 Å². The Morgan fingerprint density at radius 3 is 2.95 bits per heavy atom. The van der Waals surface area contributed by atoms with E-state index in [2.05, 4.69) is 16.7 Å². The van der Waals surface area contributed by atoms with Crippen molar-refractivity contribution in [1.29, 1.82) is 0 Å². The topological polar surface area (TPSA) is 32.5 Å². The molecule has 0 aliphatic carbocycles. The number of hydrogen-bond donors (Lipinski definition) is 1. The predicted molar refractivity (Wildman–Crippen MR) is 83.7 cm³/mol. The molecule has 2 heterocycles. The second kappa shape index (κ2) is 6.03. The van der Waals surface area contributed by atoms with E-state index in [1.54, 1.807) is 12.1 Å². The summed E-state index contributed by atoms with van der Waals surface area (Å²) in [4.78, 5) is 5.14. The van der Waals surface area contributed by atoms with Crippen LogP contribution in [0.15, 0.2) is 24.3 Å². The van der Waals surface area contributed by atoms with Crippen molar-refractivity contribution in [3.63, 3.8) is 0 Å². The minimum absolute atomic E-state index is 0.0809. The summed E-state index contributed by atoms with van der Waals surface area (Å²) in [5.41, 5.74) is 7.07. The molecule has 4 heteroatoms. The van der Waals surface area contributed by atoms with Gasteiger partial charge in [0, 0.05) is 37.8 Å². The van der Waals surface area contributed by atoms with E-state index in [-0.39, 0.29) is 11.4 Å². The van der Waals surface area contributed by atoms with Crippen LogP contribution in [-0.2, 0) is 6.42 Å². The first kappa shape index (κ1) is 14.9. The van der Waals surface area contributed by atoms with Gasteiger partial charge in [-0.15, -0.1) is 0 Å². The average molecular weight is 291 g/mol. The highest BCUT2D eigenvalue weighted by Crippen LogP contribution is 2.28. The molecule has 116 valence electrons. The van der Waals surface area contributed by atoms with Crippen molar-refractivity contribution in [2.75, 3.05) is 32.7 Å². The summed E-state index contributed by atoms with van der Waals surface area (Å²) in [6.07, 6.45) is 3.44. The van der Waals surface area contributed by atoms with E-state index >= 15 is 0 Å². The van der Waals surface area contributed by atoms with Crippen molar-refractivity contribution < 1.29 is 4.39 Å². The summed E-state index contributed by atoms with van der Waals surface area (Å²) >= 11 is 0. The van der Waals surface area contributed by atoms with E-state index < -0.39 is 0 Å². The van der Waals surface area contributed by atoms with Crippen LogP contribution in [0.5, 0.6) is 0 Å². The van der Waals surface area contributed by atoms with Crippen LogP contribution in [-0.4, -0.2) is 54.1 Å². The maximum Gasteiger partial charge on any atom is 0.123 e. The zero-order valence-corrected chi connectivity index (χ0v) is 12.9. The van der Waals surface area contributed by atoms with Gasteiger partial charge < -0.3 is 5.73 Å². The lowest BCUT2D eigenvalue weighted by Gasteiger charge is -2.47. The molecule has 1 aromatic rings. The van der Waals surface area contributed by atoms with Crippen molar-refractivity contribution in [3.8, 4) is 0 Å². The molecule has 0 aromatic heterocycles. The Kier molecular flexibility index (Phi) is 4.29. The summed E-state index contributed by atoms with van der Waals surface area (Å²) in [5, 5.41) is 0. The summed E-state index contributed by atoms with van der Waals surface area (Å²) in [6.45, 7) is 7.40. The molecule has 2 atom stereocenters. The lowest BCUT2D eigenvalue weighted by atomic mass is 9.89. The highest BCUT2D eigenvalue weighted by molar-refractivity contribution is 5.19. The Bertz CT molecular complexity index is 493. The molecule has 3 rings (SSSR count). The summed E-state index contributed by atoms with van der Waals surface area (Å²) < 4.78 is 13.4. The van der Waals surface area contributed by atoms with Crippen molar-refractivity contribution in [2.24, 2.45) is 5.73 Å². The fraction of sp³-hybridized carbons (Fsp3) is 0.647.